The fourth-order valence-electron chi connectivity index (χ4n) is 0.418. The zero-order valence-corrected chi connectivity index (χ0v) is 5.24. The van der Waals surface area contributed by atoms with Gasteiger partial charge in [-0.25, -0.2) is 0 Å². The van der Waals surface area contributed by atoms with Gasteiger partial charge in [-0.05, 0) is 0 Å². The lowest BCUT2D eigenvalue weighted by atomic mass is 10.5. The number of aromatic nitrogens is 1. The van der Waals surface area contributed by atoms with Gasteiger partial charge in [-0.15, -0.1) is 12.4 Å². The molecule has 0 radical (unpaired) electrons. The van der Waals surface area contributed by atoms with Crippen molar-refractivity contribution in [2.45, 2.75) is 0 Å². The minimum absolute atomic E-state index is 0. The molecule has 1 heterocycles. The fourth-order valence-corrected chi connectivity index (χ4v) is 0.418. The van der Waals surface area contributed by atoms with Gasteiger partial charge in [0.25, 0.3) is 0 Å². The van der Waals surface area contributed by atoms with Crippen molar-refractivity contribution in [1.29, 1.82) is 0 Å². The Morgan fingerprint density at radius 1 is 1.56 bits per heavy atom. The van der Waals surface area contributed by atoms with Crippen LogP contribution in [0.5, 0.6) is 0 Å². The molecule has 0 aliphatic rings. The van der Waals surface area contributed by atoms with E-state index >= 15 is 0 Å². The quantitative estimate of drug-likeness (QED) is 0.547. The third-order valence-electron chi connectivity index (χ3n) is 0.738. The number of halogens is 2. The number of hydrogen-bond donors (Lipinski definition) is 1. The Morgan fingerprint density at radius 2 is 2.22 bits per heavy atom. The summed E-state index contributed by atoms with van der Waals surface area (Å²) in [5, 5.41) is 0. The topological polar surface area (TPSA) is 32.9 Å². The van der Waals surface area contributed by atoms with Crippen molar-refractivity contribution < 1.29 is 4.39 Å². The Kier molecular flexibility index (Phi) is 2.95. The zero-order chi connectivity index (χ0) is 5.98. The summed E-state index contributed by atoms with van der Waals surface area (Å²) in [5.74, 6) is -0.600. The number of hydrogen-bond acceptors (Lipinski definition) is 1. The van der Waals surface area contributed by atoms with E-state index in [2.05, 4.69) is 4.98 Å². The summed E-state index contributed by atoms with van der Waals surface area (Å²) in [4.78, 5) is 12.4. The standard InChI is InChI=1S/C5H4FNO.ClH/c6-5-3-4(8)1-2-7-5;/h1-3H,(H,7,8);1H. The van der Waals surface area contributed by atoms with Gasteiger partial charge >= 0.3 is 0 Å². The molecule has 2 nitrogen and oxygen atoms in total. The van der Waals surface area contributed by atoms with Crippen LogP contribution in [-0.2, 0) is 0 Å². The Bertz CT molecular complexity index is 234. The van der Waals surface area contributed by atoms with Crippen molar-refractivity contribution >= 4 is 12.4 Å². The van der Waals surface area contributed by atoms with Gasteiger partial charge in [0.2, 0.25) is 0 Å². The van der Waals surface area contributed by atoms with Crippen LogP contribution < -0.4 is 5.43 Å². The Morgan fingerprint density at radius 3 is 2.56 bits per heavy atom. The molecule has 0 aromatic carbocycles. The summed E-state index contributed by atoms with van der Waals surface area (Å²) in [6, 6.07) is 2.14. The van der Waals surface area contributed by atoms with Crippen molar-refractivity contribution in [2.75, 3.05) is 0 Å². The molecule has 9 heavy (non-hydrogen) atoms. The number of aromatic amines is 1. The molecule has 0 atom stereocenters. The van der Waals surface area contributed by atoms with E-state index in [9.17, 15) is 9.18 Å². The first kappa shape index (κ1) is 8.17. The summed E-state index contributed by atoms with van der Waals surface area (Å²) >= 11 is 0. The van der Waals surface area contributed by atoms with Gasteiger partial charge in [0.05, 0.1) is 0 Å². The third kappa shape index (κ3) is 2.28. The zero-order valence-electron chi connectivity index (χ0n) is 4.43. The van der Waals surface area contributed by atoms with Crippen molar-refractivity contribution in [3.63, 3.8) is 0 Å². The normalized spacial score (nSPS) is 8.11. The first-order chi connectivity index (χ1) is 3.79. The summed E-state index contributed by atoms with van der Waals surface area (Å²) in [6.07, 6.45) is 1.26. The van der Waals surface area contributed by atoms with Crippen LogP contribution >= 0.6 is 12.4 Å². The third-order valence-corrected chi connectivity index (χ3v) is 0.738. The van der Waals surface area contributed by atoms with E-state index in [4.69, 9.17) is 0 Å². The molecule has 4 heteroatoms. The van der Waals surface area contributed by atoms with E-state index < -0.39 is 5.95 Å². The van der Waals surface area contributed by atoms with Gasteiger partial charge in [0.15, 0.2) is 11.4 Å². The van der Waals surface area contributed by atoms with E-state index in [1.165, 1.54) is 12.3 Å². The van der Waals surface area contributed by atoms with Gasteiger partial charge in [-0.1, -0.05) is 0 Å². The molecule has 0 aliphatic carbocycles. The minimum Gasteiger partial charge on any atom is -0.338 e. The van der Waals surface area contributed by atoms with Crippen molar-refractivity contribution in [3.05, 3.63) is 34.5 Å². The summed E-state index contributed by atoms with van der Waals surface area (Å²) < 4.78 is 11.9. The summed E-state index contributed by atoms with van der Waals surface area (Å²) in [7, 11) is 0. The molecule has 1 rings (SSSR count). The molecule has 0 saturated heterocycles. The second kappa shape index (κ2) is 3.25. The van der Waals surface area contributed by atoms with Crippen LogP contribution in [0, 0.1) is 5.95 Å². The largest absolute Gasteiger partial charge is 0.338 e. The molecule has 0 fully saturated rings. The minimum atomic E-state index is -0.600. The van der Waals surface area contributed by atoms with Crippen molar-refractivity contribution in [2.24, 2.45) is 0 Å². The van der Waals surface area contributed by atoms with Gasteiger partial charge in [0.1, 0.15) is 0 Å². The average Bonchev–Trinajstić information content (AvgIpc) is 1.64. The first-order valence-electron chi connectivity index (χ1n) is 2.13. The maximum absolute atomic E-state index is 11.9. The predicted octanol–water partition coefficient (Wildman–Crippen LogP) is 0.936. The molecule has 1 aromatic rings. The molecular weight excluding hydrogens is 145 g/mol. The predicted molar refractivity (Wildman–Crippen MR) is 34.3 cm³/mol. The highest BCUT2D eigenvalue weighted by atomic mass is 35.5. The maximum atomic E-state index is 11.9. The molecule has 0 amide bonds. The van der Waals surface area contributed by atoms with Crippen LogP contribution in [0.25, 0.3) is 0 Å². The monoisotopic (exact) mass is 149 g/mol. The Hall–Kier alpha value is -0.830. The van der Waals surface area contributed by atoms with Crippen LogP contribution in [0.1, 0.15) is 0 Å². The van der Waals surface area contributed by atoms with Crippen LogP contribution in [0.15, 0.2) is 23.1 Å². The molecule has 1 aromatic heterocycles. The van der Waals surface area contributed by atoms with Gasteiger partial charge < -0.3 is 4.98 Å². The molecule has 0 spiro atoms. The lowest BCUT2D eigenvalue weighted by Gasteiger charge is -1.80. The van der Waals surface area contributed by atoms with E-state index in [-0.39, 0.29) is 17.8 Å². The Labute approximate surface area is 57.1 Å². The lowest BCUT2D eigenvalue weighted by molar-refractivity contribution is 0.582. The second-order valence-electron chi connectivity index (χ2n) is 1.37. The van der Waals surface area contributed by atoms with E-state index in [1.54, 1.807) is 0 Å². The fraction of sp³-hybridized carbons (Fsp3) is 0. The van der Waals surface area contributed by atoms with Crippen molar-refractivity contribution in [3.8, 4) is 0 Å². The summed E-state index contributed by atoms with van der Waals surface area (Å²) in [5.41, 5.74) is -0.318. The molecular formula is C5H5ClFNO. The first-order valence-corrected chi connectivity index (χ1v) is 2.13. The summed E-state index contributed by atoms with van der Waals surface area (Å²) in [6.45, 7) is 0. The number of H-pyrrole nitrogens is 1. The van der Waals surface area contributed by atoms with Crippen LogP contribution in [-0.4, -0.2) is 4.98 Å². The van der Waals surface area contributed by atoms with E-state index in [1.807, 2.05) is 0 Å². The van der Waals surface area contributed by atoms with Crippen molar-refractivity contribution in [1.82, 2.24) is 4.98 Å². The molecule has 0 bridgehead atoms. The molecule has 0 unspecified atom stereocenters. The van der Waals surface area contributed by atoms with Gasteiger partial charge in [0, 0.05) is 18.3 Å². The Balaban J connectivity index is 0.000000640. The molecule has 0 saturated carbocycles. The number of pyridine rings is 1. The van der Waals surface area contributed by atoms with Gasteiger partial charge in [-0.3, -0.25) is 4.79 Å². The molecule has 0 aliphatic heterocycles. The highest BCUT2D eigenvalue weighted by molar-refractivity contribution is 5.85. The molecule has 50 valence electrons. The number of nitrogens with one attached hydrogen (secondary N) is 1. The lowest BCUT2D eigenvalue weighted by Crippen LogP contribution is -1.97. The van der Waals surface area contributed by atoms with Gasteiger partial charge in [-0.2, -0.15) is 4.39 Å². The smallest absolute Gasteiger partial charge is 0.194 e. The van der Waals surface area contributed by atoms with Crippen LogP contribution in [0.4, 0.5) is 4.39 Å². The highest BCUT2D eigenvalue weighted by Crippen LogP contribution is 1.80. The second-order valence-corrected chi connectivity index (χ2v) is 1.37. The number of rotatable bonds is 0. The maximum Gasteiger partial charge on any atom is 0.194 e. The SMILES string of the molecule is Cl.O=c1cc[nH]c(F)c1. The highest BCUT2D eigenvalue weighted by Gasteiger charge is 1.84. The van der Waals surface area contributed by atoms with E-state index in [0.29, 0.717) is 0 Å². The van der Waals surface area contributed by atoms with Crippen LogP contribution in [0.2, 0.25) is 0 Å². The van der Waals surface area contributed by atoms with Crippen LogP contribution in [0.3, 0.4) is 0 Å². The average molecular weight is 150 g/mol. The van der Waals surface area contributed by atoms with E-state index in [0.717, 1.165) is 6.07 Å². The molecule has 1 N–H and O–H groups in total.